The molecule has 0 aliphatic carbocycles. The van der Waals surface area contributed by atoms with Gasteiger partial charge in [-0.3, -0.25) is 9.59 Å². The van der Waals surface area contributed by atoms with E-state index in [0.717, 1.165) is 16.1 Å². The van der Waals surface area contributed by atoms with Gasteiger partial charge >= 0.3 is 5.97 Å². The molecule has 0 spiro atoms. The van der Waals surface area contributed by atoms with Gasteiger partial charge in [0.25, 0.3) is 5.03 Å². The normalized spacial score (nSPS) is 10.6. The van der Waals surface area contributed by atoms with E-state index in [-0.39, 0.29) is 23.9 Å². The topological polar surface area (TPSA) is 75.2 Å². The van der Waals surface area contributed by atoms with E-state index in [1.54, 1.807) is 18.2 Å². The highest BCUT2D eigenvalue weighted by molar-refractivity contribution is 7.99. The summed E-state index contributed by atoms with van der Waals surface area (Å²) in [7, 11) is 1.36. The average molecular weight is 348 g/mol. The first kappa shape index (κ1) is 18.1. The van der Waals surface area contributed by atoms with Crippen LogP contribution in [0.5, 0.6) is 0 Å². The second-order valence-electron chi connectivity index (χ2n) is 5.34. The molecule has 2 heterocycles. The summed E-state index contributed by atoms with van der Waals surface area (Å²) in [5, 5.41) is 12.1. The number of Topliss-reactive ketones (excluding diaryl/α,β-unsaturated/α-hetero) is 1. The predicted octanol–water partition coefficient (Wildman–Crippen LogP) is 2.28. The van der Waals surface area contributed by atoms with Crippen LogP contribution in [0.3, 0.4) is 0 Å². The first-order valence-corrected chi connectivity index (χ1v) is 8.50. The molecule has 2 rings (SSSR count). The smallest absolute Gasteiger partial charge is 0.307 e. The van der Waals surface area contributed by atoms with Gasteiger partial charge in [-0.15, -0.1) is 0 Å². The lowest BCUT2D eigenvalue weighted by Gasteiger charge is -2.08. The Morgan fingerprint density at radius 3 is 2.75 bits per heavy atom. The monoisotopic (exact) mass is 348 g/mol. The van der Waals surface area contributed by atoms with Gasteiger partial charge in [-0.25, -0.2) is 0 Å². The van der Waals surface area contributed by atoms with Crippen molar-refractivity contribution in [3.63, 3.8) is 0 Å². The molecule has 0 aromatic carbocycles. The van der Waals surface area contributed by atoms with E-state index >= 15 is 0 Å². The summed E-state index contributed by atoms with van der Waals surface area (Å²) < 4.78 is 7.33. The summed E-state index contributed by atoms with van der Waals surface area (Å²) in [6.07, 6.45) is 1.67. The number of carbonyl (C=O) groups excluding carboxylic acids is 2. The van der Waals surface area contributed by atoms with Gasteiger partial charge in [-0.1, -0.05) is 0 Å². The molecule has 7 heteroatoms. The fourth-order valence-electron chi connectivity index (χ4n) is 2.47. The summed E-state index contributed by atoms with van der Waals surface area (Å²) in [4.78, 5) is 23.8. The molecule has 0 fully saturated rings. The van der Waals surface area contributed by atoms with Crippen molar-refractivity contribution in [2.75, 3.05) is 12.9 Å². The van der Waals surface area contributed by atoms with Gasteiger partial charge in [-0.05, 0) is 37.7 Å². The maximum atomic E-state index is 12.5. The molecule has 0 saturated heterocycles. The Labute approximate surface area is 145 Å². The maximum Gasteiger partial charge on any atom is 0.307 e. The molecule has 6 nitrogen and oxygen atoms in total. The van der Waals surface area contributed by atoms with Crippen molar-refractivity contribution in [3.8, 4) is 0 Å². The molecule has 0 radical (unpaired) electrons. The van der Waals surface area contributed by atoms with Crippen LogP contribution in [0.25, 0.3) is 0 Å². The van der Waals surface area contributed by atoms with Gasteiger partial charge in [0.1, 0.15) is 0 Å². The highest BCUT2D eigenvalue weighted by Gasteiger charge is 2.18. The summed E-state index contributed by atoms with van der Waals surface area (Å²) >= 11 is 1.21. The second kappa shape index (κ2) is 8.01. The van der Waals surface area contributed by atoms with Crippen molar-refractivity contribution < 1.29 is 19.1 Å². The number of ether oxygens (including phenoxy) is 1. The number of hydrogen-bond acceptors (Lipinski definition) is 5. The zero-order valence-electron chi connectivity index (χ0n) is 13.9. The van der Waals surface area contributed by atoms with Crippen LogP contribution in [0, 0.1) is 19.1 Å². The molecule has 0 unspecified atom stereocenters. The quantitative estimate of drug-likeness (QED) is 0.252. The van der Waals surface area contributed by atoms with Crippen LogP contribution in [0.15, 0.2) is 35.5 Å². The van der Waals surface area contributed by atoms with Crippen LogP contribution in [-0.4, -0.2) is 29.2 Å². The molecular formula is C17H20N2O4S. The number of thioether (sulfide) groups is 1. The number of aromatic nitrogens is 2. The number of nitrogens with zero attached hydrogens (tertiary/aromatic N) is 2. The lowest BCUT2D eigenvalue weighted by Crippen LogP contribution is -2.28. The van der Waals surface area contributed by atoms with Crippen molar-refractivity contribution in [1.82, 2.24) is 4.57 Å². The minimum absolute atomic E-state index is 0.0405. The molecule has 24 heavy (non-hydrogen) atoms. The van der Waals surface area contributed by atoms with Crippen LogP contribution in [0.1, 0.15) is 28.2 Å². The number of hydrogen-bond donors (Lipinski definition) is 0. The second-order valence-corrected chi connectivity index (χ2v) is 6.33. The number of esters is 1. The Morgan fingerprint density at radius 1 is 1.33 bits per heavy atom. The third-order valence-corrected chi connectivity index (χ3v) is 4.80. The third-order valence-electron chi connectivity index (χ3n) is 3.78. The highest BCUT2D eigenvalue weighted by Crippen LogP contribution is 2.20. The van der Waals surface area contributed by atoms with E-state index < -0.39 is 0 Å². The fraction of sp³-hybridized carbons (Fsp3) is 0.353. The van der Waals surface area contributed by atoms with E-state index in [1.807, 2.05) is 24.5 Å². The zero-order chi connectivity index (χ0) is 17.7. The van der Waals surface area contributed by atoms with Gasteiger partial charge in [0.05, 0.1) is 19.3 Å². The van der Waals surface area contributed by atoms with E-state index in [4.69, 9.17) is 0 Å². The molecule has 0 bridgehead atoms. The van der Waals surface area contributed by atoms with Gasteiger partial charge in [0.2, 0.25) is 0 Å². The van der Waals surface area contributed by atoms with Crippen molar-refractivity contribution in [2.24, 2.45) is 0 Å². The van der Waals surface area contributed by atoms with Gasteiger partial charge in [-0.2, -0.15) is 4.73 Å². The lowest BCUT2D eigenvalue weighted by atomic mass is 10.2. The van der Waals surface area contributed by atoms with Gasteiger partial charge in [0, 0.05) is 35.6 Å². The maximum absolute atomic E-state index is 12.5. The first-order chi connectivity index (χ1) is 11.4. The number of methoxy groups -OCH3 is 1. The first-order valence-electron chi connectivity index (χ1n) is 7.51. The molecule has 0 aliphatic rings. The van der Waals surface area contributed by atoms with Crippen LogP contribution >= 0.6 is 11.8 Å². The van der Waals surface area contributed by atoms with Crippen molar-refractivity contribution in [1.29, 1.82) is 0 Å². The van der Waals surface area contributed by atoms with E-state index in [0.29, 0.717) is 17.1 Å². The number of aryl methyl sites for hydroxylation is 1. The minimum atomic E-state index is -0.282. The molecule has 0 aliphatic heterocycles. The Hall–Kier alpha value is -2.28. The van der Waals surface area contributed by atoms with Crippen LogP contribution in [0.2, 0.25) is 0 Å². The zero-order valence-corrected chi connectivity index (χ0v) is 14.8. The van der Waals surface area contributed by atoms with Crippen LogP contribution in [-0.2, 0) is 16.1 Å². The van der Waals surface area contributed by atoms with Gasteiger partial charge in [0.15, 0.2) is 12.0 Å². The van der Waals surface area contributed by atoms with Gasteiger partial charge < -0.3 is 14.5 Å². The Bertz CT molecular complexity index is 755. The fourth-order valence-corrected chi connectivity index (χ4v) is 3.27. The van der Waals surface area contributed by atoms with Crippen LogP contribution < -0.4 is 4.73 Å². The summed E-state index contributed by atoms with van der Waals surface area (Å²) in [6.45, 7) is 4.24. The summed E-state index contributed by atoms with van der Waals surface area (Å²) in [5.74, 6) is -0.135. The molecule has 0 amide bonds. The molecule has 0 atom stereocenters. The molecule has 128 valence electrons. The molecule has 0 N–H and O–H groups in total. The Morgan fingerprint density at radius 2 is 2.08 bits per heavy atom. The summed E-state index contributed by atoms with van der Waals surface area (Å²) in [6, 6.07) is 6.92. The largest absolute Gasteiger partial charge is 0.618 e. The Kier molecular flexibility index (Phi) is 6.03. The van der Waals surface area contributed by atoms with Crippen molar-refractivity contribution >= 4 is 23.5 Å². The predicted molar refractivity (Wildman–Crippen MR) is 91.0 cm³/mol. The lowest BCUT2D eigenvalue weighted by molar-refractivity contribution is -0.645. The SMILES string of the molecule is COC(=O)CCn1c(C)cc(C(=O)CSc2cccc[n+]2[O-])c1C. The number of ketones is 1. The molecule has 0 saturated carbocycles. The van der Waals surface area contributed by atoms with Crippen molar-refractivity contribution in [3.05, 3.63) is 52.6 Å². The third kappa shape index (κ3) is 4.17. The van der Waals surface area contributed by atoms with Crippen molar-refractivity contribution in [2.45, 2.75) is 31.8 Å². The Balaban J connectivity index is 2.07. The molecular weight excluding hydrogens is 328 g/mol. The molecule has 2 aromatic rings. The highest BCUT2D eigenvalue weighted by atomic mass is 32.2. The standard InChI is InChI=1S/C17H20N2O4S/c1-12-10-14(13(2)18(12)9-7-17(21)23-3)15(20)11-24-16-6-4-5-8-19(16)22/h4-6,8,10H,7,9,11H2,1-3H3. The van der Waals surface area contributed by atoms with E-state index in [2.05, 4.69) is 4.74 Å². The van der Waals surface area contributed by atoms with E-state index in [1.165, 1.54) is 25.1 Å². The minimum Gasteiger partial charge on any atom is -0.618 e. The summed E-state index contributed by atoms with van der Waals surface area (Å²) in [5.41, 5.74) is 2.37. The number of rotatable bonds is 7. The average Bonchev–Trinajstić information content (AvgIpc) is 2.86. The molecule has 2 aromatic heterocycles. The van der Waals surface area contributed by atoms with Crippen LogP contribution in [0.4, 0.5) is 0 Å². The number of pyridine rings is 1. The number of carbonyl (C=O) groups is 2. The van der Waals surface area contributed by atoms with E-state index in [9.17, 15) is 14.8 Å².